The standard InChI is InChI=1S/C38H44FN5O4/c1-22(2)35-30(16-15-28-20-29(47-38(6,7)46-28)21-33(45)48-37(3,4)5)34(24-10-13-27(39)14-11-24)31-19-26-18-25(36-41-43-44-42-36)9-8-23(26)12-17-32(31)40-35/h8-11,13-16,18,22,28-29H,12,17,19-21H2,1-7H3,(H,41,42,43,44)/t28-,29-/m1/s1. The number of rotatable bonds is 7. The average molecular weight is 654 g/mol. The molecule has 6 rings (SSSR count). The topological polar surface area (TPSA) is 112 Å². The highest BCUT2D eigenvalue weighted by Gasteiger charge is 2.36. The van der Waals surface area contributed by atoms with E-state index in [9.17, 15) is 9.18 Å². The van der Waals surface area contributed by atoms with Crippen molar-refractivity contribution in [2.45, 2.75) is 110 Å². The summed E-state index contributed by atoms with van der Waals surface area (Å²) >= 11 is 0. The van der Waals surface area contributed by atoms with Crippen LogP contribution in [0.2, 0.25) is 0 Å². The SMILES string of the molecule is CC(C)c1nc2c(c(-c3ccc(F)cc3)c1C=C[C@@H]1C[C@H](CC(=O)OC(C)(C)C)OC(C)(C)O1)Cc1cc(-c3nn[nH]n3)ccc1CC2. The summed E-state index contributed by atoms with van der Waals surface area (Å²) in [4.78, 5) is 18.0. The van der Waals surface area contributed by atoms with Crippen LogP contribution in [0.4, 0.5) is 4.39 Å². The molecule has 0 radical (unpaired) electrons. The number of fused-ring (bicyclic) bond motifs is 2. The van der Waals surface area contributed by atoms with Crippen molar-refractivity contribution in [1.82, 2.24) is 25.6 Å². The fourth-order valence-corrected chi connectivity index (χ4v) is 6.73. The Morgan fingerprint density at radius 1 is 1.08 bits per heavy atom. The van der Waals surface area contributed by atoms with Crippen LogP contribution >= 0.6 is 0 Å². The second kappa shape index (κ2) is 13.3. The largest absolute Gasteiger partial charge is 0.460 e. The minimum Gasteiger partial charge on any atom is -0.460 e. The number of ether oxygens (including phenoxy) is 3. The summed E-state index contributed by atoms with van der Waals surface area (Å²) in [5, 5.41) is 14.7. The van der Waals surface area contributed by atoms with Crippen LogP contribution < -0.4 is 0 Å². The lowest BCUT2D eigenvalue weighted by molar-refractivity contribution is -0.290. The minimum atomic E-state index is -0.896. The first-order chi connectivity index (χ1) is 22.7. The predicted molar refractivity (Wildman–Crippen MR) is 181 cm³/mol. The molecule has 0 saturated carbocycles. The predicted octanol–water partition coefficient (Wildman–Crippen LogP) is 7.54. The van der Waals surface area contributed by atoms with Crippen molar-refractivity contribution in [2.24, 2.45) is 0 Å². The number of hydrogen-bond donors (Lipinski definition) is 1. The Bertz CT molecular complexity index is 1810. The first-order valence-electron chi connectivity index (χ1n) is 16.7. The minimum absolute atomic E-state index is 0.122. The Labute approximate surface area is 281 Å². The summed E-state index contributed by atoms with van der Waals surface area (Å²) in [6.07, 6.45) is 6.37. The zero-order chi connectivity index (χ0) is 34.2. The van der Waals surface area contributed by atoms with E-state index in [-0.39, 0.29) is 36.3 Å². The van der Waals surface area contributed by atoms with E-state index in [0.717, 1.165) is 52.0 Å². The molecule has 1 aliphatic carbocycles. The highest BCUT2D eigenvalue weighted by Crippen LogP contribution is 2.40. The molecule has 0 unspecified atom stereocenters. The van der Waals surface area contributed by atoms with Gasteiger partial charge in [-0.2, -0.15) is 5.21 Å². The molecule has 0 bridgehead atoms. The van der Waals surface area contributed by atoms with Crippen LogP contribution in [-0.2, 0) is 38.3 Å². The lowest BCUT2D eigenvalue weighted by Crippen LogP contribution is -2.45. The number of halogens is 1. The maximum Gasteiger partial charge on any atom is 0.308 e. The number of aryl methyl sites for hydroxylation is 2. The molecule has 0 spiro atoms. The fourth-order valence-electron chi connectivity index (χ4n) is 6.73. The molecule has 1 N–H and O–H groups in total. The van der Waals surface area contributed by atoms with Gasteiger partial charge < -0.3 is 14.2 Å². The Balaban J connectivity index is 1.42. The quantitative estimate of drug-likeness (QED) is 0.204. The number of carbonyl (C=O) groups is 1. The third-order valence-electron chi connectivity index (χ3n) is 8.61. The van der Waals surface area contributed by atoms with E-state index in [2.05, 4.69) is 52.7 Å². The van der Waals surface area contributed by atoms with Crippen molar-refractivity contribution in [3.05, 3.63) is 88.0 Å². The van der Waals surface area contributed by atoms with Gasteiger partial charge in [0.1, 0.15) is 11.4 Å². The lowest BCUT2D eigenvalue weighted by atomic mass is 9.86. The molecular weight excluding hydrogens is 609 g/mol. The highest BCUT2D eigenvalue weighted by atomic mass is 19.1. The van der Waals surface area contributed by atoms with Crippen LogP contribution in [0.1, 0.15) is 101 Å². The smallest absolute Gasteiger partial charge is 0.308 e. The monoisotopic (exact) mass is 653 g/mol. The maximum absolute atomic E-state index is 14.3. The summed E-state index contributed by atoms with van der Waals surface area (Å²) in [5.41, 5.74) is 8.81. The van der Waals surface area contributed by atoms with Crippen LogP contribution in [-0.4, -0.2) is 55.2 Å². The zero-order valence-corrected chi connectivity index (χ0v) is 28.8. The third-order valence-corrected chi connectivity index (χ3v) is 8.61. The Morgan fingerprint density at radius 2 is 1.83 bits per heavy atom. The first kappa shape index (κ1) is 33.6. The number of aromatic nitrogens is 5. The molecule has 1 aliphatic heterocycles. The molecule has 2 aromatic heterocycles. The van der Waals surface area contributed by atoms with Crippen LogP contribution in [0.3, 0.4) is 0 Å². The molecule has 2 aliphatic rings. The number of esters is 1. The van der Waals surface area contributed by atoms with Crippen LogP contribution in [0.15, 0.2) is 48.5 Å². The molecule has 0 amide bonds. The molecule has 2 atom stereocenters. The number of tetrazole rings is 1. The Morgan fingerprint density at radius 3 is 2.52 bits per heavy atom. The van der Waals surface area contributed by atoms with Crippen molar-refractivity contribution < 1.29 is 23.4 Å². The molecule has 252 valence electrons. The molecule has 48 heavy (non-hydrogen) atoms. The Kier molecular flexibility index (Phi) is 9.33. The van der Waals surface area contributed by atoms with E-state index >= 15 is 0 Å². The van der Waals surface area contributed by atoms with Gasteiger partial charge in [0.25, 0.3) is 0 Å². The maximum atomic E-state index is 14.3. The van der Waals surface area contributed by atoms with Crippen LogP contribution in [0, 0.1) is 5.82 Å². The average Bonchev–Trinajstić information content (AvgIpc) is 3.47. The number of pyridine rings is 1. The molecule has 10 heteroatoms. The van der Waals surface area contributed by atoms with Crippen molar-refractivity contribution >= 4 is 12.0 Å². The molecule has 4 aromatic rings. The number of carbonyl (C=O) groups excluding carboxylic acids is 1. The van der Waals surface area contributed by atoms with Gasteiger partial charge in [-0.1, -0.05) is 50.3 Å². The molecular formula is C38H44FN5O4. The Hall–Kier alpha value is -4.28. The van der Waals surface area contributed by atoms with E-state index in [1.165, 1.54) is 23.3 Å². The summed E-state index contributed by atoms with van der Waals surface area (Å²) in [6.45, 7) is 13.6. The van der Waals surface area contributed by atoms with E-state index in [0.29, 0.717) is 18.7 Å². The van der Waals surface area contributed by atoms with Crippen molar-refractivity contribution in [2.75, 3.05) is 0 Å². The van der Waals surface area contributed by atoms with E-state index in [1.54, 1.807) is 0 Å². The highest BCUT2D eigenvalue weighted by molar-refractivity contribution is 5.81. The van der Waals surface area contributed by atoms with Gasteiger partial charge in [0.15, 0.2) is 5.79 Å². The van der Waals surface area contributed by atoms with E-state index < -0.39 is 11.4 Å². The number of benzene rings is 2. The van der Waals surface area contributed by atoms with Gasteiger partial charge in [0, 0.05) is 29.7 Å². The van der Waals surface area contributed by atoms with Crippen molar-refractivity contribution in [3.63, 3.8) is 0 Å². The summed E-state index contributed by atoms with van der Waals surface area (Å²) in [5.74, 6) is -0.818. The van der Waals surface area contributed by atoms with Gasteiger partial charge in [-0.3, -0.25) is 9.78 Å². The molecule has 2 aromatic carbocycles. The van der Waals surface area contributed by atoms with Crippen molar-refractivity contribution in [1.29, 1.82) is 0 Å². The normalized spacial score (nSPS) is 19.2. The number of aromatic amines is 1. The van der Waals surface area contributed by atoms with Gasteiger partial charge in [0.2, 0.25) is 5.82 Å². The first-order valence-corrected chi connectivity index (χ1v) is 16.7. The lowest BCUT2D eigenvalue weighted by Gasteiger charge is -2.40. The number of nitrogens with one attached hydrogen (secondary N) is 1. The van der Waals surface area contributed by atoms with Gasteiger partial charge in [-0.15, -0.1) is 10.2 Å². The van der Waals surface area contributed by atoms with Crippen molar-refractivity contribution in [3.8, 4) is 22.5 Å². The number of nitrogens with zero attached hydrogens (tertiary/aromatic N) is 4. The molecule has 1 fully saturated rings. The second-order valence-electron chi connectivity index (χ2n) is 14.4. The number of hydrogen-bond acceptors (Lipinski definition) is 8. The summed E-state index contributed by atoms with van der Waals surface area (Å²) < 4.78 is 32.3. The van der Waals surface area contributed by atoms with E-state index in [4.69, 9.17) is 19.2 Å². The van der Waals surface area contributed by atoms with E-state index in [1.807, 2.05) is 58.9 Å². The summed E-state index contributed by atoms with van der Waals surface area (Å²) in [6, 6.07) is 13.0. The van der Waals surface area contributed by atoms with Crippen LogP contribution in [0.25, 0.3) is 28.6 Å². The van der Waals surface area contributed by atoms with Gasteiger partial charge in [-0.05, 0) is 105 Å². The third kappa shape index (κ3) is 7.71. The summed E-state index contributed by atoms with van der Waals surface area (Å²) in [7, 11) is 0. The fraction of sp³-hybridized carbons (Fsp3) is 0.447. The van der Waals surface area contributed by atoms with Gasteiger partial charge in [0.05, 0.1) is 24.3 Å². The number of H-pyrrole nitrogens is 1. The second-order valence-corrected chi connectivity index (χ2v) is 14.4. The molecule has 3 heterocycles. The van der Waals surface area contributed by atoms with Gasteiger partial charge in [-0.25, -0.2) is 4.39 Å². The molecule has 1 saturated heterocycles. The van der Waals surface area contributed by atoms with Gasteiger partial charge >= 0.3 is 5.97 Å². The zero-order valence-electron chi connectivity index (χ0n) is 28.8. The van der Waals surface area contributed by atoms with Crippen LogP contribution in [0.5, 0.6) is 0 Å². The molecule has 9 nitrogen and oxygen atoms in total.